The van der Waals surface area contributed by atoms with E-state index in [4.69, 9.17) is 9.47 Å². The third-order valence-corrected chi connectivity index (χ3v) is 7.38. The minimum Gasteiger partial charge on any atom is -0.497 e. The number of ether oxygens (including phenoxy) is 2. The van der Waals surface area contributed by atoms with Crippen molar-refractivity contribution in [2.75, 3.05) is 50.1 Å². The van der Waals surface area contributed by atoms with Gasteiger partial charge in [0.25, 0.3) is 0 Å². The van der Waals surface area contributed by atoms with Crippen molar-refractivity contribution >= 4 is 29.0 Å². The van der Waals surface area contributed by atoms with Crippen molar-refractivity contribution in [1.82, 2.24) is 4.90 Å². The standard InChI is InChI=1S/C26H32F3N3O3S/c1-34-22-10-6-21(7-11-22)31-14-16-32(17-15-31)25(33)18-35-23-8-2-19(3-9-23)30-20-4-12-24(13-5-20)36-26(27,28)29/h4-7,10-13,19,23,30H,2-3,8-9,14-18H2,1H3/t19-,23-. The molecule has 2 aromatic carbocycles. The molecule has 6 nitrogen and oxygen atoms in total. The number of anilines is 2. The molecule has 1 amide bonds. The van der Waals surface area contributed by atoms with E-state index in [0.717, 1.165) is 55.9 Å². The molecule has 0 aromatic heterocycles. The molecule has 0 unspecified atom stereocenters. The van der Waals surface area contributed by atoms with Gasteiger partial charge in [0.2, 0.25) is 5.91 Å². The first kappa shape index (κ1) is 26.5. The van der Waals surface area contributed by atoms with Gasteiger partial charge in [-0.2, -0.15) is 13.2 Å². The summed E-state index contributed by atoms with van der Waals surface area (Å²) in [5, 5.41) is 3.40. The Labute approximate surface area is 214 Å². The summed E-state index contributed by atoms with van der Waals surface area (Å²) in [7, 11) is 1.65. The zero-order valence-electron chi connectivity index (χ0n) is 20.3. The Hall–Kier alpha value is -2.59. The number of thioether (sulfide) groups is 1. The predicted molar refractivity (Wildman–Crippen MR) is 136 cm³/mol. The number of piperazine rings is 1. The van der Waals surface area contributed by atoms with Gasteiger partial charge < -0.3 is 24.6 Å². The molecule has 1 saturated heterocycles. The summed E-state index contributed by atoms with van der Waals surface area (Å²) >= 11 is -0.108. The lowest BCUT2D eigenvalue weighted by molar-refractivity contribution is -0.139. The van der Waals surface area contributed by atoms with Gasteiger partial charge in [0, 0.05) is 48.5 Å². The number of benzene rings is 2. The van der Waals surface area contributed by atoms with Crippen LogP contribution >= 0.6 is 11.8 Å². The molecule has 1 heterocycles. The van der Waals surface area contributed by atoms with E-state index >= 15 is 0 Å². The Morgan fingerprint density at radius 2 is 1.61 bits per heavy atom. The third kappa shape index (κ3) is 7.70. The normalized spacial score (nSPS) is 20.8. The number of methoxy groups -OCH3 is 1. The van der Waals surface area contributed by atoms with Crippen molar-refractivity contribution in [3.63, 3.8) is 0 Å². The molecule has 0 bridgehead atoms. The molecule has 0 spiro atoms. The van der Waals surface area contributed by atoms with Crippen molar-refractivity contribution in [2.24, 2.45) is 0 Å². The van der Waals surface area contributed by atoms with E-state index in [0.29, 0.717) is 13.1 Å². The number of alkyl halides is 3. The zero-order valence-corrected chi connectivity index (χ0v) is 21.1. The van der Waals surface area contributed by atoms with Gasteiger partial charge in [-0.15, -0.1) is 0 Å². The van der Waals surface area contributed by atoms with Gasteiger partial charge in [0.05, 0.1) is 13.2 Å². The fourth-order valence-corrected chi connectivity index (χ4v) is 5.19. The second-order valence-electron chi connectivity index (χ2n) is 9.07. The molecule has 2 aliphatic rings. The summed E-state index contributed by atoms with van der Waals surface area (Å²) in [5.41, 5.74) is -2.34. The van der Waals surface area contributed by atoms with Crippen LogP contribution in [0.2, 0.25) is 0 Å². The maximum atomic E-state index is 12.7. The van der Waals surface area contributed by atoms with Crippen LogP contribution in [-0.4, -0.2) is 68.4 Å². The highest BCUT2D eigenvalue weighted by atomic mass is 32.2. The largest absolute Gasteiger partial charge is 0.497 e. The number of hydrogen-bond acceptors (Lipinski definition) is 6. The van der Waals surface area contributed by atoms with E-state index in [1.165, 1.54) is 12.1 Å². The Morgan fingerprint density at radius 3 is 2.19 bits per heavy atom. The molecule has 0 radical (unpaired) electrons. The number of halogens is 3. The summed E-state index contributed by atoms with van der Waals surface area (Å²) in [6.45, 7) is 3.01. The molecule has 0 atom stereocenters. The van der Waals surface area contributed by atoms with Crippen LogP contribution in [0.15, 0.2) is 53.4 Å². The number of nitrogens with one attached hydrogen (secondary N) is 1. The Morgan fingerprint density at radius 1 is 0.972 bits per heavy atom. The number of carbonyl (C=O) groups excluding carboxylic acids is 1. The molecule has 1 aliphatic carbocycles. The van der Waals surface area contributed by atoms with Gasteiger partial charge in [0.1, 0.15) is 12.4 Å². The van der Waals surface area contributed by atoms with Crippen LogP contribution in [0.3, 0.4) is 0 Å². The SMILES string of the molecule is COc1ccc(N2CCN(C(=O)CO[C@H]3CC[C@H](Nc4ccc(SC(F)(F)F)cc4)CC3)CC2)cc1. The predicted octanol–water partition coefficient (Wildman–Crippen LogP) is 5.40. The molecule has 36 heavy (non-hydrogen) atoms. The molecule has 4 rings (SSSR count). The molecular formula is C26H32F3N3O3S. The van der Waals surface area contributed by atoms with Crippen molar-refractivity contribution in [1.29, 1.82) is 0 Å². The van der Waals surface area contributed by atoms with E-state index in [1.54, 1.807) is 19.2 Å². The highest BCUT2D eigenvalue weighted by molar-refractivity contribution is 8.00. The van der Waals surface area contributed by atoms with Gasteiger partial charge in [-0.25, -0.2) is 0 Å². The van der Waals surface area contributed by atoms with E-state index in [-0.39, 0.29) is 41.3 Å². The molecule has 1 N–H and O–H groups in total. The Kier molecular flexibility index (Phi) is 8.90. The maximum Gasteiger partial charge on any atom is 0.446 e. The number of carbonyl (C=O) groups is 1. The Balaban J connectivity index is 1.13. The van der Waals surface area contributed by atoms with Gasteiger partial charge >= 0.3 is 5.51 Å². The topological polar surface area (TPSA) is 54.0 Å². The summed E-state index contributed by atoms with van der Waals surface area (Å²) in [5.74, 6) is 0.855. The molecule has 196 valence electrons. The van der Waals surface area contributed by atoms with Crippen LogP contribution in [-0.2, 0) is 9.53 Å². The average Bonchev–Trinajstić information content (AvgIpc) is 2.88. The van der Waals surface area contributed by atoms with Gasteiger partial charge in [-0.05, 0) is 86.0 Å². The third-order valence-electron chi connectivity index (χ3n) is 6.65. The molecule has 10 heteroatoms. The fraction of sp³-hybridized carbons (Fsp3) is 0.500. The molecule has 1 aliphatic heterocycles. The number of hydrogen-bond donors (Lipinski definition) is 1. The Bertz CT molecular complexity index is 973. The second-order valence-corrected chi connectivity index (χ2v) is 10.2. The summed E-state index contributed by atoms with van der Waals surface area (Å²) in [4.78, 5) is 17.0. The number of nitrogens with zero attached hydrogens (tertiary/aromatic N) is 2. The minimum absolute atomic E-state index is 0.0291. The van der Waals surface area contributed by atoms with Crippen LogP contribution in [0.5, 0.6) is 5.75 Å². The number of amides is 1. The van der Waals surface area contributed by atoms with Gasteiger partial charge in [-0.1, -0.05) is 0 Å². The highest BCUT2D eigenvalue weighted by Gasteiger charge is 2.29. The van der Waals surface area contributed by atoms with Crippen LogP contribution in [0.4, 0.5) is 24.5 Å². The van der Waals surface area contributed by atoms with Crippen molar-refractivity contribution in [3.8, 4) is 5.75 Å². The minimum atomic E-state index is -4.28. The lowest BCUT2D eigenvalue weighted by Crippen LogP contribution is -2.50. The fourth-order valence-electron chi connectivity index (χ4n) is 4.65. The van der Waals surface area contributed by atoms with Crippen LogP contribution in [0.25, 0.3) is 0 Å². The molecule has 2 fully saturated rings. The number of rotatable bonds is 8. The van der Waals surface area contributed by atoms with Crippen molar-refractivity contribution < 1.29 is 27.4 Å². The average molecular weight is 524 g/mol. The zero-order chi connectivity index (χ0) is 25.5. The maximum absolute atomic E-state index is 12.7. The first-order valence-electron chi connectivity index (χ1n) is 12.2. The highest BCUT2D eigenvalue weighted by Crippen LogP contribution is 2.37. The second kappa shape index (κ2) is 12.1. The van der Waals surface area contributed by atoms with E-state index in [2.05, 4.69) is 10.2 Å². The molecular weight excluding hydrogens is 491 g/mol. The summed E-state index contributed by atoms with van der Waals surface area (Å²) in [6.07, 6.45) is 3.52. The van der Waals surface area contributed by atoms with Crippen LogP contribution < -0.4 is 15.0 Å². The van der Waals surface area contributed by atoms with Crippen LogP contribution in [0.1, 0.15) is 25.7 Å². The smallest absolute Gasteiger partial charge is 0.446 e. The summed E-state index contributed by atoms with van der Waals surface area (Å²) in [6, 6.07) is 14.5. The van der Waals surface area contributed by atoms with Crippen molar-refractivity contribution in [2.45, 2.75) is 48.2 Å². The van der Waals surface area contributed by atoms with Crippen molar-refractivity contribution in [3.05, 3.63) is 48.5 Å². The first-order chi connectivity index (χ1) is 17.3. The lowest BCUT2D eigenvalue weighted by atomic mass is 9.93. The van der Waals surface area contributed by atoms with E-state index < -0.39 is 5.51 Å². The van der Waals surface area contributed by atoms with Crippen LogP contribution in [0, 0.1) is 0 Å². The quantitative estimate of drug-likeness (QED) is 0.468. The molecule has 1 saturated carbocycles. The van der Waals surface area contributed by atoms with E-state index in [9.17, 15) is 18.0 Å². The van der Waals surface area contributed by atoms with E-state index in [1.807, 2.05) is 29.2 Å². The summed E-state index contributed by atoms with van der Waals surface area (Å²) < 4.78 is 48.6. The first-order valence-corrected chi connectivity index (χ1v) is 13.0. The molecule has 2 aromatic rings. The lowest BCUT2D eigenvalue weighted by Gasteiger charge is -2.36. The monoisotopic (exact) mass is 523 g/mol. The van der Waals surface area contributed by atoms with Gasteiger partial charge in [-0.3, -0.25) is 4.79 Å². The van der Waals surface area contributed by atoms with Gasteiger partial charge in [0.15, 0.2) is 0 Å².